The SMILES string of the molecule is CCC(C)NC(=O)c1ccccc1NC(=O)c1cc(C)sc1C. The first-order chi connectivity index (χ1) is 10.9. The number of carbonyl (C=O) groups is 2. The Labute approximate surface area is 140 Å². The summed E-state index contributed by atoms with van der Waals surface area (Å²) in [5.41, 5.74) is 1.66. The fourth-order valence-electron chi connectivity index (χ4n) is 2.24. The lowest BCUT2D eigenvalue weighted by atomic mass is 10.1. The Morgan fingerprint density at radius 3 is 2.43 bits per heavy atom. The van der Waals surface area contributed by atoms with Gasteiger partial charge in [-0.3, -0.25) is 9.59 Å². The molecule has 0 saturated carbocycles. The molecule has 0 radical (unpaired) electrons. The number of carbonyl (C=O) groups excluding carboxylic acids is 2. The first-order valence-electron chi connectivity index (χ1n) is 7.70. The molecule has 1 unspecified atom stereocenters. The van der Waals surface area contributed by atoms with Crippen LogP contribution in [0.1, 0.15) is 50.7 Å². The molecule has 0 aliphatic heterocycles. The Kier molecular flexibility index (Phi) is 5.55. The fraction of sp³-hybridized carbons (Fsp3) is 0.333. The van der Waals surface area contributed by atoms with Crippen molar-refractivity contribution in [3.05, 3.63) is 51.2 Å². The van der Waals surface area contributed by atoms with Crippen molar-refractivity contribution in [2.45, 2.75) is 40.2 Å². The van der Waals surface area contributed by atoms with E-state index >= 15 is 0 Å². The van der Waals surface area contributed by atoms with E-state index in [0.717, 1.165) is 16.2 Å². The number of thiophene rings is 1. The van der Waals surface area contributed by atoms with Crippen LogP contribution in [0.3, 0.4) is 0 Å². The molecule has 0 saturated heterocycles. The summed E-state index contributed by atoms with van der Waals surface area (Å²) in [4.78, 5) is 26.9. The van der Waals surface area contributed by atoms with Gasteiger partial charge in [0.2, 0.25) is 0 Å². The lowest BCUT2D eigenvalue weighted by Gasteiger charge is -2.14. The Bertz CT molecular complexity index is 722. The van der Waals surface area contributed by atoms with Crippen LogP contribution in [0.5, 0.6) is 0 Å². The minimum absolute atomic E-state index is 0.0908. The molecule has 23 heavy (non-hydrogen) atoms. The third-order valence-corrected chi connectivity index (χ3v) is 4.66. The summed E-state index contributed by atoms with van der Waals surface area (Å²) in [5, 5.41) is 5.79. The highest BCUT2D eigenvalue weighted by Crippen LogP contribution is 2.23. The number of hydrogen-bond acceptors (Lipinski definition) is 3. The number of hydrogen-bond donors (Lipinski definition) is 2. The Hall–Kier alpha value is -2.14. The third-order valence-electron chi connectivity index (χ3n) is 3.70. The molecule has 0 spiro atoms. The predicted molar refractivity (Wildman–Crippen MR) is 95.4 cm³/mol. The zero-order valence-corrected chi connectivity index (χ0v) is 14.7. The molecule has 1 aromatic carbocycles. The molecule has 0 fully saturated rings. The van der Waals surface area contributed by atoms with Crippen molar-refractivity contribution in [3.63, 3.8) is 0 Å². The van der Waals surface area contributed by atoms with Gasteiger partial charge in [-0.1, -0.05) is 19.1 Å². The van der Waals surface area contributed by atoms with Crippen LogP contribution in [0.2, 0.25) is 0 Å². The maximum Gasteiger partial charge on any atom is 0.256 e. The van der Waals surface area contributed by atoms with Crippen molar-refractivity contribution in [2.75, 3.05) is 5.32 Å². The van der Waals surface area contributed by atoms with Crippen LogP contribution < -0.4 is 10.6 Å². The Morgan fingerprint density at radius 2 is 1.83 bits per heavy atom. The molecular formula is C18H22N2O2S. The molecule has 1 aromatic heterocycles. The lowest BCUT2D eigenvalue weighted by molar-refractivity contribution is 0.0940. The van der Waals surface area contributed by atoms with Crippen molar-refractivity contribution in [1.82, 2.24) is 5.32 Å². The maximum atomic E-state index is 12.5. The molecule has 2 rings (SSSR count). The van der Waals surface area contributed by atoms with Gasteiger partial charge in [-0.05, 0) is 45.4 Å². The molecule has 1 heterocycles. The number of benzene rings is 1. The van der Waals surface area contributed by atoms with Crippen LogP contribution in [-0.4, -0.2) is 17.9 Å². The van der Waals surface area contributed by atoms with E-state index in [0.29, 0.717) is 16.8 Å². The van der Waals surface area contributed by atoms with E-state index in [1.165, 1.54) is 0 Å². The van der Waals surface area contributed by atoms with Crippen molar-refractivity contribution in [1.29, 1.82) is 0 Å². The minimum Gasteiger partial charge on any atom is -0.350 e. The predicted octanol–water partition coefficient (Wildman–Crippen LogP) is 4.15. The van der Waals surface area contributed by atoms with E-state index in [9.17, 15) is 9.59 Å². The standard InChI is InChI=1S/C18H22N2O2S/c1-5-11(2)19-17(21)14-8-6-7-9-16(14)20-18(22)15-10-12(3)23-13(15)4/h6-11H,5H2,1-4H3,(H,19,21)(H,20,22). The Morgan fingerprint density at radius 1 is 1.13 bits per heavy atom. The molecule has 0 aliphatic carbocycles. The molecule has 4 nitrogen and oxygen atoms in total. The maximum absolute atomic E-state index is 12.5. The summed E-state index contributed by atoms with van der Waals surface area (Å²) in [6, 6.07) is 9.03. The molecule has 1 atom stereocenters. The molecule has 0 bridgehead atoms. The van der Waals surface area contributed by atoms with Gasteiger partial charge in [-0.2, -0.15) is 0 Å². The van der Waals surface area contributed by atoms with Crippen LogP contribution in [0.25, 0.3) is 0 Å². The highest BCUT2D eigenvalue weighted by Gasteiger charge is 2.17. The van der Waals surface area contributed by atoms with Gasteiger partial charge < -0.3 is 10.6 Å². The van der Waals surface area contributed by atoms with Crippen molar-refractivity contribution >= 4 is 28.8 Å². The highest BCUT2D eigenvalue weighted by molar-refractivity contribution is 7.12. The second-order valence-corrected chi connectivity index (χ2v) is 7.07. The largest absolute Gasteiger partial charge is 0.350 e. The number of aryl methyl sites for hydroxylation is 2. The molecule has 5 heteroatoms. The quantitative estimate of drug-likeness (QED) is 0.865. The second-order valence-electron chi connectivity index (χ2n) is 5.61. The summed E-state index contributed by atoms with van der Waals surface area (Å²) in [7, 11) is 0. The first-order valence-corrected chi connectivity index (χ1v) is 8.52. The van der Waals surface area contributed by atoms with Crippen molar-refractivity contribution < 1.29 is 9.59 Å². The van der Waals surface area contributed by atoms with Crippen LogP contribution >= 0.6 is 11.3 Å². The van der Waals surface area contributed by atoms with E-state index < -0.39 is 0 Å². The number of anilines is 1. The first kappa shape index (κ1) is 17.2. The van der Waals surface area contributed by atoms with Crippen LogP contribution in [0.15, 0.2) is 30.3 Å². The average molecular weight is 330 g/mol. The summed E-state index contributed by atoms with van der Waals surface area (Å²) in [5.74, 6) is -0.357. The number of amides is 2. The molecular weight excluding hydrogens is 308 g/mol. The van der Waals surface area contributed by atoms with E-state index in [1.54, 1.807) is 35.6 Å². The lowest BCUT2D eigenvalue weighted by Crippen LogP contribution is -2.32. The fourth-order valence-corrected chi connectivity index (χ4v) is 3.16. The number of nitrogens with one attached hydrogen (secondary N) is 2. The normalized spacial score (nSPS) is 11.8. The summed E-state index contributed by atoms with van der Waals surface area (Å²) in [6.45, 7) is 7.87. The van der Waals surface area contributed by atoms with Gasteiger partial charge in [0, 0.05) is 15.8 Å². The summed E-state index contributed by atoms with van der Waals surface area (Å²) < 4.78 is 0. The highest BCUT2D eigenvalue weighted by atomic mass is 32.1. The minimum atomic E-state index is -0.185. The number of rotatable bonds is 5. The van der Waals surface area contributed by atoms with Gasteiger partial charge in [0.25, 0.3) is 11.8 Å². The third kappa shape index (κ3) is 4.20. The van der Waals surface area contributed by atoms with Gasteiger partial charge in [-0.25, -0.2) is 0 Å². The van der Waals surface area contributed by atoms with Gasteiger partial charge in [0.05, 0.1) is 16.8 Å². The van der Waals surface area contributed by atoms with E-state index in [2.05, 4.69) is 10.6 Å². The van der Waals surface area contributed by atoms with E-state index in [4.69, 9.17) is 0 Å². The monoisotopic (exact) mass is 330 g/mol. The Balaban J connectivity index is 2.22. The zero-order chi connectivity index (χ0) is 17.0. The van der Waals surface area contributed by atoms with Crippen molar-refractivity contribution in [3.8, 4) is 0 Å². The smallest absolute Gasteiger partial charge is 0.256 e. The molecule has 0 aliphatic rings. The second kappa shape index (κ2) is 7.42. The van der Waals surface area contributed by atoms with Gasteiger partial charge in [-0.15, -0.1) is 11.3 Å². The van der Waals surface area contributed by atoms with E-state index in [-0.39, 0.29) is 17.9 Å². The van der Waals surface area contributed by atoms with E-state index in [1.807, 2.05) is 33.8 Å². The van der Waals surface area contributed by atoms with Crippen molar-refractivity contribution in [2.24, 2.45) is 0 Å². The summed E-state index contributed by atoms with van der Waals surface area (Å²) >= 11 is 1.59. The van der Waals surface area contributed by atoms with Crippen LogP contribution in [0, 0.1) is 13.8 Å². The molecule has 122 valence electrons. The van der Waals surface area contributed by atoms with Crippen LogP contribution in [0.4, 0.5) is 5.69 Å². The van der Waals surface area contributed by atoms with Gasteiger partial charge in [0.1, 0.15) is 0 Å². The topological polar surface area (TPSA) is 58.2 Å². The van der Waals surface area contributed by atoms with Gasteiger partial charge in [0.15, 0.2) is 0 Å². The van der Waals surface area contributed by atoms with Crippen LogP contribution in [-0.2, 0) is 0 Å². The molecule has 2 aromatic rings. The number of para-hydroxylation sites is 1. The van der Waals surface area contributed by atoms with Gasteiger partial charge >= 0.3 is 0 Å². The zero-order valence-electron chi connectivity index (χ0n) is 13.9. The molecule has 2 amide bonds. The molecule has 2 N–H and O–H groups in total. The summed E-state index contributed by atoms with van der Waals surface area (Å²) in [6.07, 6.45) is 0.855. The average Bonchev–Trinajstić information content (AvgIpc) is 2.86.